The maximum absolute atomic E-state index is 11.4. The van der Waals surface area contributed by atoms with Gasteiger partial charge in [0.25, 0.3) is 10.1 Å². The maximum Gasteiger partial charge on any atom is 0.296 e. The highest BCUT2D eigenvalue weighted by Gasteiger charge is 2.15. The Morgan fingerprint density at radius 1 is 1.00 bits per heavy atom. The highest BCUT2D eigenvalue weighted by molar-refractivity contribution is 7.86. The average molecular weight is 292 g/mol. The number of nitrogens with one attached hydrogen (secondary N) is 2. The van der Waals surface area contributed by atoms with E-state index in [4.69, 9.17) is 0 Å². The molecule has 0 radical (unpaired) electrons. The quantitative estimate of drug-likeness (QED) is 0.755. The summed E-state index contributed by atoms with van der Waals surface area (Å²) in [7, 11) is -2.45. The van der Waals surface area contributed by atoms with Crippen molar-refractivity contribution in [3.05, 3.63) is 48.0 Å². The molecule has 106 valence electrons. The predicted molar refractivity (Wildman–Crippen MR) is 80.3 cm³/mol. The topological polar surface area (TPSA) is 78.4 Å². The molecule has 0 aliphatic rings. The molecule has 0 heterocycles. The van der Waals surface area contributed by atoms with Crippen LogP contribution in [0.3, 0.4) is 0 Å². The van der Waals surface area contributed by atoms with Crippen LogP contribution in [0.25, 0.3) is 0 Å². The lowest BCUT2D eigenvalue weighted by molar-refractivity contribution is 0.483. The largest absolute Gasteiger partial charge is 0.388 e. The summed E-state index contributed by atoms with van der Waals surface area (Å²) < 4.78 is 32.1. The molecule has 2 rings (SSSR count). The highest BCUT2D eigenvalue weighted by Crippen LogP contribution is 2.26. The molecule has 0 bridgehead atoms. The fraction of sp³-hybridized carbons (Fsp3) is 0.143. The number of hydrogen-bond acceptors (Lipinski definition) is 4. The second-order valence-corrected chi connectivity index (χ2v) is 5.82. The highest BCUT2D eigenvalue weighted by atomic mass is 32.2. The summed E-state index contributed by atoms with van der Waals surface area (Å²) in [6.45, 7) is 1.76. The van der Waals surface area contributed by atoms with Gasteiger partial charge in [-0.05, 0) is 48.9 Å². The third-order valence-corrected chi connectivity index (χ3v) is 3.76. The van der Waals surface area contributed by atoms with Crippen LogP contribution < -0.4 is 10.6 Å². The minimum atomic E-state index is -4.26. The summed E-state index contributed by atoms with van der Waals surface area (Å²) in [5, 5.41) is 5.99. The standard InChI is InChI=1S/C14H16N2O3S/c1-10-3-8-13(14(9-10)20(17,18)19)16-12-6-4-11(15-2)5-7-12/h3-9,15-16H,1-2H3,(H,17,18,19). The van der Waals surface area contributed by atoms with E-state index in [2.05, 4.69) is 10.6 Å². The summed E-state index contributed by atoms with van der Waals surface area (Å²) in [6.07, 6.45) is 0. The second-order valence-electron chi connectivity index (χ2n) is 4.43. The van der Waals surface area contributed by atoms with Gasteiger partial charge in [0.05, 0.1) is 5.69 Å². The zero-order chi connectivity index (χ0) is 14.8. The average Bonchev–Trinajstić information content (AvgIpc) is 2.40. The molecule has 0 aliphatic carbocycles. The third-order valence-electron chi connectivity index (χ3n) is 2.87. The molecular weight excluding hydrogens is 276 g/mol. The maximum atomic E-state index is 11.4. The van der Waals surface area contributed by atoms with Gasteiger partial charge in [-0.25, -0.2) is 0 Å². The Hall–Kier alpha value is -2.05. The van der Waals surface area contributed by atoms with Crippen LogP contribution in [-0.2, 0) is 10.1 Å². The number of aryl methyl sites for hydroxylation is 1. The van der Waals surface area contributed by atoms with Crippen molar-refractivity contribution in [3.8, 4) is 0 Å². The molecule has 3 N–H and O–H groups in total. The molecule has 0 aromatic heterocycles. The zero-order valence-electron chi connectivity index (χ0n) is 11.2. The first-order valence-electron chi connectivity index (χ1n) is 6.03. The molecule has 0 fully saturated rings. The van der Waals surface area contributed by atoms with Gasteiger partial charge in [0.15, 0.2) is 0 Å². The van der Waals surface area contributed by atoms with Gasteiger partial charge in [0.1, 0.15) is 4.90 Å². The fourth-order valence-corrected chi connectivity index (χ4v) is 2.55. The van der Waals surface area contributed by atoms with Gasteiger partial charge in [0.2, 0.25) is 0 Å². The van der Waals surface area contributed by atoms with E-state index in [-0.39, 0.29) is 4.90 Å². The van der Waals surface area contributed by atoms with E-state index in [1.54, 1.807) is 19.1 Å². The van der Waals surface area contributed by atoms with Crippen LogP contribution >= 0.6 is 0 Å². The molecule has 0 aliphatic heterocycles. The third kappa shape index (κ3) is 3.28. The Kier molecular flexibility index (Phi) is 3.96. The van der Waals surface area contributed by atoms with Crippen LogP contribution in [-0.4, -0.2) is 20.0 Å². The SMILES string of the molecule is CNc1ccc(Nc2ccc(C)cc2S(=O)(=O)O)cc1. The molecule has 5 nitrogen and oxygen atoms in total. The summed E-state index contributed by atoms with van der Waals surface area (Å²) in [5.41, 5.74) is 2.79. The van der Waals surface area contributed by atoms with Gasteiger partial charge in [-0.2, -0.15) is 8.42 Å². The van der Waals surface area contributed by atoms with Crippen LogP contribution in [0.5, 0.6) is 0 Å². The monoisotopic (exact) mass is 292 g/mol. The summed E-state index contributed by atoms with van der Waals surface area (Å²) in [5.74, 6) is 0. The summed E-state index contributed by atoms with van der Waals surface area (Å²) in [6, 6.07) is 12.2. The van der Waals surface area contributed by atoms with Crippen LogP contribution in [0.15, 0.2) is 47.4 Å². The number of rotatable bonds is 4. The number of anilines is 3. The molecular formula is C14H16N2O3S. The zero-order valence-corrected chi connectivity index (χ0v) is 12.0. The van der Waals surface area contributed by atoms with Crippen molar-refractivity contribution in [1.29, 1.82) is 0 Å². The van der Waals surface area contributed by atoms with Gasteiger partial charge in [-0.1, -0.05) is 6.07 Å². The van der Waals surface area contributed by atoms with Gasteiger partial charge in [-0.15, -0.1) is 0 Å². The summed E-state index contributed by atoms with van der Waals surface area (Å²) in [4.78, 5) is -0.129. The van der Waals surface area contributed by atoms with Gasteiger partial charge in [-0.3, -0.25) is 4.55 Å². The molecule has 2 aromatic carbocycles. The van der Waals surface area contributed by atoms with Crippen LogP contribution in [0.1, 0.15) is 5.56 Å². The van der Waals surface area contributed by atoms with Crippen molar-refractivity contribution in [2.75, 3.05) is 17.7 Å². The second kappa shape index (κ2) is 5.52. The smallest absolute Gasteiger partial charge is 0.296 e. The Labute approximate surface area is 118 Å². The van der Waals surface area contributed by atoms with E-state index in [0.29, 0.717) is 5.69 Å². The predicted octanol–water partition coefficient (Wildman–Crippen LogP) is 3.03. The molecule has 0 atom stereocenters. The van der Waals surface area contributed by atoms with E-state index in [1.807, 2.05) is 31.3 Å². The van der Waals surface area contributed by atoms with E-state index in [0.717, 1.165) is 16.9 Å². The van der Waals surface area contributed by atoms with Crippen molar-refractivity contribution in [1.82, 2.24) is 0 Å². The minimum Gasteiger partial charge on any atom is -0.388 e. The Balaban J connectivity index is 2.38. The lowest BCUT2D eigenvalue weighted by Gasteiger charge is -2.11. The van der Waals surface area contributed by atoms with Crippen LogP contribution in [0.2, 0.25) is 0 Å². The first kappa shape index (κ1) is 14.4. The van der Waals surface area contributed by atoms with E-state index < -0.39 is 10.1 Å². The summed E-state index contributed by atoms with van der Waals surface area (Å²) >= 11 is 0. The van der Waals surface area contributed by atoms with Crippen molar-refractivity contribution < 1.29 is 13.0 Å². The Bertz CT molecular complexity index is 710. The van der Waals surface area contributed by atoms with E-state index >= 15 is 0 Å². The lowest BCUT2D eigenvalue weighted by Crippen LogP contribution is -2.04. The van der Waals surface area contributed by atoms with Crippen molar-refractivity contribution in [2.24, 2.45) is 0 Å². The molecule has 0 amide bonds. The van der Waals surface area contributed by atoms with Gasteiger partial charge in [0, 0.05) is 18.4 Å². The number of benzene rings is 2. The molecule has 6 heteroatoms. The minimum absolute atomic E-state index is 0.129. The Morgan fingerprint density at radius 2 is 1.60 bits per heavy atom. The van der Waals surface area contributed by atoms with Crippen molar-refractivity contribution >= 4 is 27.2 Å². The van der Waals surface area contributed by atoms with Crippen molar-refractivity contribution in [2.45, 2.75) is 11.8 Å². The molecule has 0 saturated carbocycles. The van der Waals surface area contributed by atoms with Crippen LogP contribution in [0, 0.1) is 6.92 Å². The Morgan fingerprint density at radius 3 is 2.15 bits per heavy atom. The first-order valence-corrected chi connectivity index (χ1v) is 7.47. The molecule has 0 unspecified atom stereocenters. The molecule has 20 heavy (non-hydrogen) atoms. The van der Waals surface area contributed by atoms with Gasteiger partial charge >= 0.3 is 0 Å². The lowest BCUT2D eigenvalue weighted by atomic mass is 10.2. The normalized spacial score (nSPS) is 11.2. The van der Waals surface area contributed by atoms with E-state index in [9.17, 15) is 13.0 Å². The molecule has 0 spiro atoms. The molecule has 2 aromatic rings. The van der Waals surface area contributed by atoms with Crippen LogP contribution in [0.4, 0.5) is 17.1 Å². The fourth-order valence-electron chi connectivity index (χ4n) is 1.82. The first-order chi connectivity index (χ1) is 9.40. The number of hydrogen-bond donors (Lipinski definition) is 3. The molecule has 0 saturated heterocycles. The van der Waals surface area contributed by atoms with Crippen molar-refractivity contribution in [3.63, 3.8) is 0 Å². The van der Waals surface area contributed by atoms with E-state index in [1.165, 1.54) is 6.07 Å². The van der Waals surface area contributed by atoms with Gasteiger partial charge < -0.3 is 10.6 Å².